The summed E-state index contributed by atoms with van der Waals surface area (Å²) in [4.78, 5) is 36.7. The molecule has 25 heavy (non-hydrogen) atoms. The van der Waals surface area contributed by atoms with Crippen LogP contribution in [0.2, 0.25) is 0 Å². The first-order valence-corrected chi connectivity index (χ1v) is 8.52. The molecular formula is C15H14ClN3O5S. The maximum Gasteiger partial charge on any atom is 0.363 e. The van der Waals surface area contributed by atoms with Gasteiger partial charge in [-0.2, -0.15) is 0 Å². The molecule has 2 amide bonds. The van der Waals surface area contributed by atoms with Gasteiger partial charge >= 0.3 is 5.97 Å². The zero-order chi connectivity index (χ0) is 18.4. The molecule has 1 saturated heterocycles. The summed E-state index contributed by atoms with van der Waals surface area (Å²) in [6, 6.07) is 6.63. The number of amides is 2. The predicted octanol–water partition coefficient (Wildman–Crippen LogP) is -0.0603. The molecule has 0 aromatic heterocycles. The fraction of sp³-hybridized carbons (Fsp3) is 0.267. The molecule has 2 aliphatic rings. The molecular weight excluding hydrogens is 370 g/mol. The Morgan fingerprint density at radius 3 is 2.60 bits per heavy atom. The second kappa shape index (κ2) is 6.34. The summed E-state index contributed by atoms with van der Waals surface area (Å²) in [5.41, 5.74) is 3.83. The van der Waals surface area contributed by atoms with Crippen molar-refractivity contribution in [1.82, 2.24) is 10.2 Å². The van der Waals surface area contributed by atoms with Crippen molar-refractivity contribution in [2.45, 2.75) is 23.2 Å². The first kappa shape index (κ1) is 17.7. The van der Waals surface area contributed by atoms with Crippen LogP contribution in [-0.2, 0) is 14.4 Å². The van der Waals surface area contributed by atoms with Gasteiger partial charge in [-0.1, -0.05) is 41.9 Å². The summed E-state index contributed by atoms with van der Waals surface area (Å²) < 4.78 is 0. The number of hydrogen-bond acceptors (Lipinski definition) is 6. The third kappa shape index (κ3) is 2.69. The van der Waals surface area contributed by atoms with Crippen molar-refractivity contribution in [3.63, 3.8) is 0 Å². The molecule has 1 aromatic carbocycles. The van der Waals surface area contributed by atoms with Crippen molar-refractivity contribution >= 4 is 41.1 Å². The summed E-state index contributed by atoms with van der Waals surface area (Å²) >= 11 is 6.80. The van der Waals surface area contributed by atoms with Crippen LogP contribution in [0.5, 0.6) is 0 Å². The van der Waals surface area contributed by atoms with Gasteiger partial charge in [0.05, 0.1) is 5.03 Å². The number of carbonyl (C=O) groups excluding carboxylic acids is 2. The average Bonchev–Trinajstić information content (AvgIpc) is 2.61. The van der Waals surface area contributed by atoms with Gasteiger partial charge in [-0.05, 0) is 11.0 Å². The van der Waals surface area contributed by atoms with Gasteiger partial charge in [0.1, 0.15) is 17.5 Å². The second-order valence-electron chi connectivity index (χ2n) is 5.55. The number of aliphatic carboxylic acids is 1. The number of thioether (sulfide) groups is 1. The number of halogens is 1. The van der Waals surface area contributed by atoms with E-state index in [9.17, 15) is 24.6 Å². The van der Waals surface area contributed by atoms with E-state index >= 15 is 0 Å². The van der Waals surface area contributed by atoms with Gasteiger partial charge in [-0.3, -0.25) is 14.5 Å². The van der Waals surface area contributed by atoms with Gasteiger partial charge in [0.15, 0.2) is 0 Å². The lowest BCUT2D eigenvalue weighted by Crippen LogP contribution is -2.78. The fourth-order valence-corrected chi connectivity index (χ4v) is 4.14. The van der Waals surface area contributed by atoms with Crippen LogP contribution in [-0.4, -0.2) is 50.0 Å². The normalized spacial score (nSPS) is 29.2. The number of carbonyl (C=O) groups is 3. The highest BCUT2D eigenvalue weighted by molar-refractivity contribution is 8.03. The van der Waals surface area contributed by atoms with E-state index in [2.05, 4.69) is 5.32 Å². The van der Waals surface area contributed by atoms with E-state index in [-0.39, 0.29) is 5.03 Å². The van der Waals surface area contributed by atoms with Crippen LogP contribution in [0.3, 0.4) is 0 Å². The summed E-state index contributed by atoms with van der Waals surface area (Å²) in [6.45, 7) is 0. The molecule has 2 aliphatic heterocycles. The minimum Gasteiger partial charge on any atom is -0.477 e. The number of hydrogen-bond donors (Lipinski definition) is 4. The van der Waals surface area contributed by atoms with Crippen LogP contribution >= 0.6 is 23.4 Å². The van der Waals surface area contributed by atoms with E-state index < -0.39 is 41.0 Å². The van der Waals surface area contributed by atoms with Crippen molar-refractivity contribution in [3.8, 4) is 0 Å². The highest BCUT2D eigenvalue weighted by atomic mass is 35.5. The van der Waals surface area contributed by atoms with Crippen LogP contribution in [0.15, 0.2) is 40.8 Å². The number of aliphatic hydroxyl groups is 1. The van der Waals surface area contributed by atoms with E-state index in [1.165, 1.54) is 5.41 Å². The summed E-state index contributed by atoms with van der Waals surface area (Å²) in [6.07, 6.45) is 0. The standard InChI is InChI=1S/C15H14ClN3O5S/c16-8-6-25-13-10(12(21)19(13)15(8,24)14(22)23)18-11(20)9(17)7-4-2-1-3-5-7/h1-6,9-10,13,24H,17H2,(H,18,20)(H,22,23)/t9-,10+,13+,15?/m0/s1. The zero-order valence-corrected chi connectivity index (χ0v) is 14.2. The largest absolute Gasteiger partial charge is 0.477 e. The maximum atomic E-state index is 12.3. The summed E-state index contributed by atoms with van der Waals surface area (Å²) in [7, 11) is 0. The summed E-state index contributed by atoms with van der Waals surface area (Å²) in [5.74, 6) is -3.00. The number of fused-ring (bicyclic) bond motifs is 1. The first-order chi connectivity index (χ1) is 11.8. The first-order valence-electron chi connectivity index (χ1n) is 7.20. The number of nitrogens with zero attached hydrogens (tertiary/aromatic N) is 1. The maximum absolute atomic E-state index is 12.3. The molecule has 0 spiro atoms. The number of nitrogens with two attached hydrogens (primary N) is 1. The highest BCUT2D eigenvalue weighted by Crippen LogP contribution is 2.45. The molecule has 1 unspecified atom stereocenters. The lowest BCUT2D eigenvalue weighted by atomic mass is 9.99. The Balaban J connectivity index is 1.76. The van der Waals surface area contributed by atoms with E-state index in [1.807, 2.05) is 0 Å². The van der Waals surface area contributed by atoms with E-state index in [4.69, 9.17) is 17.3 Å². The Labute approximate surface area is 151 Å². The SMILES string of the molecule is N[C@H](C(=O)N[C@@H]1C(=O)N2[C@@H]1SC=C(Cl)C2(O)C(=O)O)c1ccccc1. The molecule has 132 valence electrons. The van der Waals surface area contributed by atoms with Crippen molar-refractivity contribution in [3.05, 3.63) is 46.3 Å². The lowest BCUT2D eigenvalue weighted by Gasteiger charge is -2.53. The molecule has 10 heteroatoms. The minimum atomic E-state index is -2.63. The monoisotopic (exact) mass is 383 g/mol. The fourth-order valence-electron chi connectivity index (χ4n) is 2.67. The van der Waals surface area contributed by atoms with Gasteiger partial charge in [-0.25, -0.2) is 4.79 Å². The molecule has 0 aliphatic carbocycles. The average molecular weight is 384 g/mol. The number of benzene rings is 1. The summed E-state index contributed by atoms with van der Waals surface area (Å²) in [5, 5.41) is 22.1. The smallest absolute Gasteiger partial charge is 0.363 e. The molecule has 2 heterocycles. The van der Waals surface area contributed by atoms with Crippen LogP contribution < -0.4 is 11.1 Å². The van der Waals surface area contributed by atoms with Crippen LogP contribution in [0.25, 0.3) is 0 Å². The van der Waals surface area contributed by atoms with Crippen molar-refractivity contribution in [2.75, 3.05) is 0 Å². The molecule has 0 saturated carbocycles. The van der Waals surface area contributed by atoms with Crippen molar-refractivity contribution in [2.24, 2.45) is 5.73 Å². The molecule has 0 bridgehead atoms. The third-order valence-electron chi connectivity index (χ3n) is 4.07. The topological polar surface area (TPSA) is 133 Å². The molecule has 5 N–H and O–H groups in total. The molecule has 3 rings (SSSR count). The van der Waals surface area contributed by atoms with E-state index in [0.717, 1.165) is 16.7 Å². The predicted molar refractivity (Wildman–Crippen MR) is 90.0 cm³/mol. The van der Waals surface area contributed by atoms with Crippen LogP contribution in [0, 0.1) is 0 Å². The molecule has 0 radical (unpaired) electrons. The van der Waals surface area contributed by atoms with Gasteiger partial charge in [0.25, 0.3) is 11.6 Å². The Morgan fingerprint density at radius 2 is 2.00 bits per heavy atom. The minimum absolute atomic E-state index is 0.389. The van der Waals surface area contributed by atoms with Crippen molar-refractivity contribution < 1.29 is 24.6 Å². The Hall–Kier alpha value is -2.07. The molecule has 4 atom stereocenters. The van der Waals surface area contributed by atoms with Gasteiger partial charge in [0.2, 0.25) is 5.91 Å². The zero-order valence-electron chi connectivity index (χ0n) is 12.6. The molecule has 1 fully saturated rings. The van der Waals surface area contributed by atoms with Crippen LogP contribution in [0.1, 0.15) is 11.6 Å². The van der Waals surface area contributed by atoms with Gasteiger partial charge in [-0.15, -0.1) is 11.8 Å². The Kier molecular flexibility index (Phi) is 4.50. The number of carboxylic acid groups (broad SMARTS) is 1. The second-order valence-corrected chi connectivity index (χ2v) is 6.95. The van der Waals surface area contributed by atoms with E-state index in [0.29, 0.717) is 5.56 Å². The highest BCUT2D eigenvalue weighted by Gasteiger charge is 2.63. The lowest BCUT2D eigenvalue weighted by molar-refractivity contribution is -0.194. The van der Waals surface area contributed by atoms with Crippen LogP contribution in [0.4, 0.5) is 0 Å². The Bertz CT molecular complexity index is 774. The third-order valence-corrected chi connectivity index (χ3v) is 5.71. The molecule has 8 nitrogen and oxygen atoms in total. The number of rotatable bonds is 4. The van der Waals surface area contributed by atoms with Gasteiger partial charge in [0, 0.05) is 0 Å². The van der Waals surface area contributed by atoms with Gasteiger partial charge < -0.3 is 21.3 Å². The number of nitrogens with one attached hydrogen (secondary N) is 1. The number of β-lactam (4-membered cyclic amide) rings is 1. The Morgan fingerprint density at radius 1 is 1.36 bits per heavy atom. The van der Waals surface area contributed by atoms with Crippen molar-refractivity contribution in [1.29, 1.82) is 0 Å². The number of carboxylic acids is 1. The quantitative estimate of drug-likeness (QED) is 0.535. The van der Waals surface area contributed by atoms with E-state index in [1.54, 1.807) is 30.3 Å². The molecule has 1 aromatic rings.